The van der Waals surface area contributed by atoms with E-state index in [4.69, 9.17) is 9.84 Å². The van der Waals surface area contributed by atoms with Crippen LogP contribution in [0.15, 0.2) is 18.2 Å². The number of hydrogen-bond donors (Lipinski definition) is 1. The highest BCUT2D eigenvalue weighted by atomic mass is 19.1. The Labute approximate surface area is 109 Å². The van der Waals surface area contributed by atoms with Crippen LogP contribution in [-0.2, 0) is 20.7 Å². The summed E-state index contributed by atoms with van der Waals surface area (Å²) in [6, 6.07) is 4.20. The van der Waals surface area contributed by atoms with E-state index in [9.17, 15) is 14.0 Å². The third-order valence-electron chi connectivity index (χ3n) is 2.68. The van der Waals surface area contributed by atoms with Crippen molar-refractivity contribution in [3.63, 3.8) is 0 Å². The number of rotatable bonds is 6. The first kappa shape index (κ1) is 14.9. The first-order valence-corrected chi connectivity index (χ1v) is 5.60. The lowest BCUT2D eigenvalue weighted by Crippen LogP contribution is -2.22. The first-order valence-electron chi connectivity index (χ1n) is 5.60. The predicted octanol–water partition coefficient (Wildman–Crippen LogP) is 1.64. The Bertz CT molecular complexity index is 472. The van der Waals surface area contributed by atoms with Gasteiger partial charge in [0.1, 0.15) is 11.6 Å². The van der Waals surface area contributed by atoms with Crippen LogP contribution in [0.3, 0.4) is 0 Å². The lowest BCUT2D eigenvalue weighted by Gasteiger charge is -2.13. The average Bonchev–Trinajstić information content (AvgIpc) is 2.38. The van der Waals surface area contributed by atoms with Crippen molar-refractivity contribution in [2.75, 3.05) is 14.2 Å². The molecule has 0 amide bonds. The van der Waals surface area contributed by atoms with Crippen LogP contribution < -0.4 is 4.74 Å². The molecule has 0 saturated carbocycles. The Morgan fingerprint density at radius 3 is 2.53 bits per heavy atom. The number of benzene rings is 1. The van der Waals surface area contributed by atoms with Crippen LogP contribution in [0, 0.1) is 11.7 Å². The fraction of sp³-hybridized carbons (Fsp3) is 0.385. The number of aliphatic carboxylic acids is 1. The lowest BCUT2D eigenvalue weighted by atomic mass is 9.96. The molecule has 0 fully saturated rings. The van der Waals surface area contributed by atoms with Gasteiger partial charge in [-0.15, -0.1) is 0 Å². The topological polar surface area (TPSA) is 72.8 Å². The molecule has 0 aliphatic carbocycles. The SMILES string of the molecule is COC(=O)C(CC(=O)O)Cc1ccc(OC)cc1F. The van der Waals surface area contributed by atoms with Crippen LogP contribution in [0.25, 0.3) is 0 Å². The monoisotopic (exact) mass is 270 g/mol. The van der Waals surface area contributed by atoms with E-state index in [2.05, 4.69) is 4.74 Å². The molecule has 6 heteroatoms. The highest BCUT2D eigenvalue weighted by Crippen LogP contribution is 2.21. The second kappa shape index (κ2) is 6.72. The van der Waals surface area contributed by atoms with Crippen LogP contribution in [0.1, 0.15) is 12.0 Å². The Morgan fingerprint density at radius 2 is 2.05 bits per heavy atom. The Morgan fingerprint density at radius 1 is 1.37 bits per heavy atom. The highest BCUT2D eigenvalue weighted by Gasteiger charge is 2.24. The molecule has 104 valence electrons. The van der Waals surface area contributed by atoms with Gasteiger partial charge >= 0.3 is 11.9 Å². The zero-order valence-electron chi connectivity index (χ0n) is 10.7. The van der Waals surface area contributed by atoms with Crippen LogP contribution in [0.4, 0.5) is 4.39 Å². The van der Waals surface area contributed by atoms with Crippen LogP contribution >= 0.6 is 0 Å². The predicted molar refractivity (Wildman–Crippen MR) is 64.4 cm³/mol. The van der Waals surface area contributed by atoms with Gasteiger partial charge in [-0.05, 0) is 18.1 Å². The van der Waals surface area contributed by atoms with Gasteiger partial charge in [-0.2, -0.15) is 0 Å². The average molecular weight is 270 g/mol. The molecule has 0 saturated heterocycles. The van der Waals surface area contributed by atoms with Crippen LogP contribution in [0.2, 0.25) is 0 Å². The number of carboxylic acid groups (broad SMARTS) is 1. The van der Waals surface area contributed by atoms with Crippen molar-refractivity contribution >= 4 is 11.9 Å². The molecule has 0 bridgehead atoms. The maximum atomic E-state index is 13.7. The molecule has 1 rings (SSSR count). The third-order valence-corrected chi connectivity index (χ3v) is 2.68. The summed E-state index contributed by atoms with van der Waals surface area (Å²) in [5.41, 5.74) is 0.248. The number of carbonyl (C=O) groups excluding carboxylic acids is 1. The second-order valence-electron chi connectivity index (χ2n) is 3.98. The fourth-order valence-corrected chi connectivity index (χ4v) is 1.70. The molecule has 1 aromatic carbocycles. The molecule has 0 spiro atoms. The van der Waals surface area contributed by atoms with Crippen molar-refractivity contribution < 1.29 is 28.6 Å². The van der Waals surface area contributed by atoms with E-state index in [-0.39, 0.29) is 12.0 Å². The van der Waals surface area contributed by atoms with Gasteiger partial charge in [0.05, 0.1) is 26.6 Å². The quantitative estimate of drug-likeness (QED) is 0.795. The molecule has 1 N–H and O–H groups in total. The van der Waals surface area contributed by atoms with E-state index >= 15 is 0 Å². The maximum Gasteiger partial charge on any atom is 0.309 e. The number of ether oxygens (including phenoxy) is 2. The lowest BCUT2D eigenvalue weighted by molar-refractivity contribution is -0.150. The number of halogens is 1. The highest BCUT2D eigenvalue weighted by molar-refractivity contribution is 5.79. The number of esters is 1. The number of carboxylic acids is 1. The summed E-state index contributed by atoms with van der Waals surface area (Å²) in [5, 5.41) is 8.74. The minimum atomic E-state index is -1.13. The van der Waals surface area contributed by atoms with Gasteiger partial charge in [-0.3, -0.25) is 9.59 Å². The van der Waals surface area contributed by atoms with E-state index in [1.165, 1.54) is 26.4 Å². The summed E-state index contributed by atoms with van der Waals surface area (Å²) in [5.74, 6) is -2.90. The molecule has 19 heavy (non-hydrogen) atoms. The van der Waals surface area contributed by atoms with E-state index in [1.54, 1.807) is 6.07 Å². The van der Waals surface area contributed by atoms with Crippen molar-refractivity contribution in [3.05, 3.63) is 29.6 Å². The normalized spacial score (nSPS) is 11.7. The van der Waals surface area contributed by atoms with Gasteiger partial charge < -0.3 is 14.6 Å². The van der Waals surface area contributed by atoms with E-state index in [1.807, 2.05) is 0 Å². The van der Waals surface area contributed by atoms with Crippen molar-refractivity contribution in [2.45, 2.75) is 12.8 Å². The smallest absolute Gasteiger partial charge is 0.309 e. The van der Waals surface area contributed by atoms with E-state index in [0.29, 0.717) is 5.75 Å². The minimum Gasteiger partial charge on any atom is -0.497 e. The van der Waals surface area contributed by atoms with Gasteiger partial charge in [0.15, 0.2) is 0 Å². The zero-order valence-corrected chi connectivity index (χ0v) is 10.7. The molecule has 0 aliphatic heterocycles. The summed E-state index contributed by atoms with van der Waals surface area (Å²) < 4.78 is 23.1. The van der Waals surface area contributed by atoms with E-state index in [0.717, 1.165) is 0 Å². The van der Waals surface area contributed by atoms with E-state index < -0.39 is 30.1 Å². The van der Waals surface area contributed by atoms with Crippen LogP contribution in [0.5, 0.6) is 5.75 Å². The van der Waals surface area contributed by atoms with Gasteiger partial charge in [-0.1, -0.05) is 6.07 Å². The zero-order chi connectivity index (χ0) is 14.4. The molecule has 1 atom stereocenters. The minimum absolute atomic E-state index is 0.0329. The molecular formula is C13H15FO5. The molecule has 0 heterocycles. The summed E-state index contributed by atoms with van der Waals surface area (Å²) >= 11 is 0. The Kier molecular flexibility index (Phi) is 5.29. The second-order valence-corrected chi connectivity index (χ2v) is 3.98. The standard InChI is InChI=1S/C13H15FO5/c1-18-10-4-3-8(11(14)7-10)5-9(6-12(15)16)13(17)19-2/h3-4,7,9H,5-6H2,1-2H3,(H,15,16). The molecule has 1 unspecified atom stereocenters. The van der Waals surface area contributed by atoms with Gasteiger partial charge in [-0.25, -0.2) is 4.39 Å². The van der Waals surface area contributed by atoms with Gasteiger partial charge in [0.25, 0.3) is 0 Å². The number of carbonyl (C=O) groups is 2. The number of hydrogen-bond acceptors (Lipinski definition) is 4. The third kappa shape index (κ3) is 4.24. The van der Waals surface area contributed by atoms with Crippen molar-refractivity contribution in [3.8, 4) is 5.75 Å². The largest absolute Gasteiger partial charge is 0.497 e. The van der Waals surface area contributed by atoms with Gasteiger partial charge in [0, 0.05) is 6.07 Å². The van der Waals surface area contributed by atoms with Gasteiger partial charge in [0.2, 0.25) is 0 Å². The van der Waals surface area contributed by atoms with Crippen molar-refractivity contribution in [2.24, 2.45) is 5.92 Å². The summed E-state index contributed by atoms with van der Waals surface area (Å²) in [6.07, 6.45) is -0.438. The molecule has 5 nitrogen and oxygen atoms in total. The summed E-state index contributed by atoms with van der Waals surface area (Å²) in [6.45, 7) is 0. The summed E-state index contributed by atoms with van der Waals surface area (Å²) in [4.78, 5) is 22.1. The maximum absolute atomic E-state index is 13.7. The molecule has 0 aliphatic rings. The summed E-state index contributed by atoms with van der Waals surface area (Å²) in [7, 11) is 2.58. The fourth-order valence-electron chi connectivity index (χ4n) is 1.70. The Hall–Kier alpha value is -2.11. The van der Waals surface area contributed by atoms with Crippen molar-refractivity contribution in [1.82, 2.24) is 0 Å². The molecular weight excluding hydrogens is 255 g/mol. The molecule has 1 aromatic rings. The molecule has 0 radical (unpaired) electrons. The number of methoxy groups -OCH3 is 2. The van der Waals surface area contributed by atoms with Crippen molar-refractivity contribution in [1.29, 1.82) is 0 Å². The first-order chi connectivity index (χ1) is 8.97. The Balaban J connectivity index is 2.89. The van der Waals surface area contributed by atoms with Crippen LogP contribution in [-0.4, -0.2) is 31.3 Å². The molecule has 0 aromatic heterocycles.